The van der Waals surface area contributed by atoms with Crippen molar-refractivity contribution >= 4 is 11.0 Å². The molecule has 0 spiro atoms. The van der Waals surface area contributed by atoms with E-state index in [2.05, 4.69) is 50.0 Å². The van der Waals surface area contributed by atoms with Crippen molar-refractivity contribution in [3.05, 3.63) is 39.2 Å². The van der Waals surface area contributed by atoms with Gasteiger partial charge in [0.2, 0.25) is 0 Å². The van der Waals surface area contributed by atoms with Gasteiger partial charge in [-0.05, 0) is 77.5 Å². The smallest absolute Gasteiger partial charge is 0.339 e. The summed E-state index contributed by atoms with van der Waals surface area (Å²) in [7, 11) is 0. The van der Waals surface area contributed by atoms with Gasteiger partial charge in [0.05, 0.1) is 5.56 Å². The van der Waals surface area contributed by atoms with Crippen LogP contribution in [-0.2, 0) is 19.4 Å². The van der Waals surface area contributed by atoms with Gasteiger partial charge in [-0.1, -0.05) is 0 Å². The molecule has 2 aromatic rings. The molecule has 3 heterocycles. The van der Waals surface area contributed by atoms with E-state index in [4.69, 9.17) is 9.15 Å². The van der Waals surface area contributed by atoms with Crippen LogP contribution in [0.3, 0.4) is 0 Å². The normalized spacial score (nSPS) is 24.0. The number of hydrogen-bond donors (Lipinski definition) is 1. The zero-order valence-corrected chi connectivity index (χ0v) is 17.4. The highest BCUT2D eigenvalue weighted by Gasteiger charge is 2.41. The van der Waals surface area contributed by atoms with Gasteiger partial charge in [0.15, 0.2) is 0 Å². The number of aryl methyl sites for hydroxylation is 1. The average Bonchev–Trinajstić information content (AvgIpc) is 3.09. The van der Waals surface area contributed by atoms with Crippen LogP contribution < -0.4 is 15.7 Å². The molecule has 0 atom stereocenters. The Bertz CT molecular complexity index is 989. The van der Waals surface area contributed by atoms with Crippen LogP contribution in [0.2, 0.25) is 0 Å². The molecule has 5 nitrogen and oxygen atoms in total. The number of nitrogens with one attached hydrogen (secondary N) is 1. The summed E-state index contributed by atoms with van der Waals surface area (Å²) in [5, 5.41) is 4.86. The highest BCUT2D eigenvalue weighted by molar-refractivity contribution is 5.86. The van der Waals surface area contributed by atoms with Gasteiger partial charge in [-0.3, -0.25) is 4.90 Å². The molecule has 0 radical (unpaired) electrons. The number of rotatable bonds is 1. The van der Waals surface area contributed by atoms with Gasteiger partial charge in [0.25, 0.3) is 0 Å². The molecule has 1 saturated heterocycles. The van der Waals surface area contributed by atoms with Crippen LogP contribution in [0.4, 0.5) is 0 Å². The molecule has 1 aliphatic carbocycles. The Morgan fingerprint density at radius 3 is 2.50 bits per heavy atom. The first-order chi connectivity index (χ1) is 13.2. The molecule has 28 heavy (non-hydrogen) atoms. The number of ether oxygens (including phenoxy) is 1. The fourth-order valence-electron chi connectivity index (χ4n) is 5.83. The lowest BCUT2D eigenvalue weighted by molar-refractivity contribution is 0.00316. The van der Waals surface area contributed by atoms with E-state index in [1.165, 1.54) is 5.56 Å². The third-order valence-corrected chi connectivity index (χ3v) is 6.63. The second-order valence-corrected chi connectivity index (χ2v) is 10.1. The van der Waals surface area contributed by atoms with Crippen LogP contribution in [0.25, 0.3) is 11.0 Å². The third-order valence-electron chi connectivity index (χ3n) is 6.63. The fourth-order valence-corrected chi connectivity index (χ4v) is 5.83. The quantitative estimate of drug-likeness (QED) is 0.762. The minimum atomic E-state index is -0.158. The largest absolute Gasteiger partial charge is 0.478 e. The molecular weight excluding hydrogens is 352 g/mol. The maximum Gasteiger partial charge on any atom is 0.339 e. The van der Waals surface area contributed by atoms with Crippen LogP contribution in [0.1, 0.15) is 63.6 Å². The highest BCUT2D eigenvalue weighted by Crippen LogP contribution is 2.39. The molecule has 3 aliphatic rings. The van der Waals surface area contributed by atoms with E-state index in [0.29, 0.717) is 12.8 Å². The molecule has 1 aromatic carbocycles. The van der Waals surface area contributed by atoms with Crippen molar-refractivity contribution in [3.8, 4) is 5.75 Å². The predicted molar refractivity (Wildman–Crippen MR) is 110 cm³/mol. The Balaban J connectivity index is 1.54. The van der Waals surface area contributed by atoms with Crippen LogP contribution in [0.15, 0.2) is 21.3 Å². The Morgan fingerprint density at radius 1 is 1.04 bits per heavy atom. The maximum atomic E-state index is 12.5. The van der Waals surface area contributed by atoms with Gasteiger partial charge >= 0.3 is 5.63 Å². The second kappa shape index (κ2) is 6.07. The molecular formula is C23H30N2O3. The van der Waals surface area contributed by atoms with E-state index in [1.807, 2.05) is 0 Å². The van der Waals surface area contributed by atoms with E-state index in [-0.39, 0.29) is 16.7 Å². The van der Waals surface area contributed by atoms with Gasteiger partial charge < -0.3 is 14.5 Å². The lowest BCUT2D eigenvalue weighted by atomic mass is 9.79. The monoisotopic (exact) mass is 382 g/mol. The first-order valence-corrected chi connectivity index (χ1v) is 10.5. The summed E-state index contributed by atoms with van der Waals surface area (Å²) in [5.41, 5.74) is 3.84. The molecule has 2 aliphatic heterocycles. The Labute approximate surface area is 166 Å². The van der Waals surface area contributed by atoms with Gasteiger partial charge in [-0.15, -0.1) is 0 Å². The minimum Gasteiger partial charge on any atom is -0.478 e. The van der Waals surface area contributed by atoms with Crippen LogP contribution in [-0.4, -0.2) is 28.8 Å². The predicted octanol–water partition coefficient (Wildman–Crippen LogP) is 3.74. The maximum absolute atomic E-state index is 12.5. The van der Waals surface area contributed by atoms with E-state index in [1.54, 1.807) is 0 Å². The summed E-state index contributed by atoms with van der Waals surface area (Å²) in [6, 6.07) is 4.56. The van der Waals surface area contributed by atoms with Gasteiger partial charge in [0.1, 0.15) is 18.1 Å². The standard InChI is InChI=1S/C23H30N2O3/c1-22(2)10-14(11-23(3,4)24-22)25-12-18-19(27-13-25)9-8-16-15-6-5-7-17(15)21(26)28-20(16)18/h8-9,14,24H,5-7,10-13H2,1-4H3. The molecule has 0 bridgehead atoms. The van der Waals surface area contributed by atoms with E-state index >= 15 is 0 Å². The first-order valence-electron chi connectivity index (χ1n) is 10.5. The lowest BCUT2D eigenvalue weighted by Crippen LogP contribution is -2.62. The van der Waals surface area contributed by atoms with Crippen molar-refractivity contribution in [2.45, 2.75) is 83.5 Å². The van der Waals surface area contributed by atoms with Crippen LogP contribution >= 0.6 is 0 Å². The molecule has 5 rings (SSSR count). The summed E-state index contributed by atoms with van der Waals surface area (Å²) < 4.78 is 12.0. The minimum absolute atomic E-state index is 0.0822. The van der Waals surface area contributed by atoms with Crippen LogP contribution in [0.5, 0.6) is 5.75 Å². The van der Waals surface area contributed by atoms with Gasteiger partial charge in [-0.25, -0.2) is 4.79 Å². The average molecular weight is 383 g/mol. The van der Waals surface area contributed by atoms with E-state index < -0.39 is 0 Å². The number of nitrogens with zero attached hydrogens (tertiary/aromatic N) is 1. The number of fused-ring (bicyclic) bond motifs is 5. The van der Waals surface area contributed by atoms with Gasteiger partial charge in [-0.2, -0.15) is 0 Å². The SMILES string of the molecule is CC1(C)CC(N2COc3ccc4c5c(c(=O)oc4c3C2)CCC5)CC(C)(C)N1. The highest BCUT2D eigenvalue weighted by atomic mass is 16.5. The zero-order chi connectivity index (χ0) is 19.7. The van der Waals surface area contributed by atoms with Crippen molar-refractivity contribution in [1.82, 2.24) is 10.2 Å². The Hall–Kier alpha value is -1.85. The van der Waals surface area contributed by atoms with Gasteiger partial charge in [0, 0.05) is 34.6 Å². The van der Waals surface area contributed by atoms with E-state index in [0.717, 1.165) is 66.5 Å². The number of piperidine rings is 1. The molecule has 5 heteroatoms. The van der Waals surface area contributed by atoms with Crippen molar-refractivity contribution in [1.29, 1.82) is 0 Å². The molecule has 1 aromatic heterocycles. The second-order valence-electron chi connectivity index (χ2n) is 10.1. The third kappa shape index (κ3) is 2.96. The van der Waals surface area contributed by atoms with Crippen molar-refractivity contribution in [3.63, 3.8) is 0 Å². The molecule has 150 valence electrons. The Morgan fingerprint density at radius 2 is 1.75 bits per heavy atom. The molecule has 0 saturated carbocycles. The van der Waals surface area contributed by atoms with E-state index in [9.17, 15) is 4.79 Å². The van der Waals surface area contributed by atoms with Crippen molar-refractivity contribution in [2.24, 2.45) is 0 Å². The summed E-state index contributed by atoms with van der Waals surface area (Å²) in [6.07, 6.45) is 4.99. The fraction of sp³-hybridized carbons (Fsp3) is 0.609. The molecule has 1 N–H and O–H groups in total. The molecule has 0 amide bonds. The summed E-state index contributed by atoms with van der Waals surface area (Å²) >= 11 is 0. The van der Waals surface area contributed by atoms with Crippen molar-refractivity contribution < 1.29 is 9.15 Å². The zero-order valence-electron chi connectivity index (χ0n) is 17.4. The number of hydrogen-bond acceptors (Lipinski definition) is 5. The summed E-state index contributed by atoms with van der Waals surface area (Å²) in [5.74, 6) is 0.859. The summed E-state index contributed by atoms with van der Waals surface area (Å²) in [6.45, 7) is 10.5. The Kier molecular flexibility index (Phi) is 3.95. The van der Waals surface area contributed by atoms with Crippen molar-refractivity contribution in [2.75, 3.05) is 6.73 Å². The molecule has 1 fully saturated rings. The molecule has 0 unspecified atom stereocenters. The first kappa shape index (κ1) is 18.2. The number of benzene rings is 1. The topological polar surface area (TPSA) is 54.7 Å². The summed E-state index contributed by atoms with van der Waals surface area (Å²) in [4.78, 5) is 15.0. The lowest BCUT2D eigenvalue weighted by Gasteiger charge is -2.50. The van der Waals surface area contributed by atoms with Crippen LogP contribution in [0, 0.1) is 0 Å².